The Balaban J connectivity index is 2.49. The molecule has 3 rings (SSSR count). The zero-order chi connectivity index (χ0) is 20.7. The molecular formula is C21H22F3NO3. The SMILES string of the molecule is CCCCn1c(=O)c2ccccc2c2cc(C(C)(O)C(F)(F)F)cc(OC)c21. The summed E-state index contributed by atoms with van der Waals surface area (Å²) in [5.74, 6) is 0.121. The number of halogens is 3. The summed E-state index contributed by atoms with van der Waals surface area (Å²) < 4.78 is 47.2. The van der Waals surface area contributed by atoms with E-state index >= 15 is 0 Å². The van der Waals surface area contributed by atoms with E-state index in [9.17, 15) is 23.1 Å². The number of unbranched alkanes of at least 4 members (excludes halogenated alkanes) is 1. The Labute approximate surface area is 160 Å². The van der Waals surface area contributed by atoms with Crippen LogP contribution in [0.15, 0.2) is 41.2 Å². The van der Waals surface area contributed by atoms with E-state index in [4.69, 9.17) is 4.74 Å². The lowest BCUT2D eigenvalue weighted by Gasteiger charge is -2.28. The van der Waals surface area contributed by atoms with Crippen LogP contribution in [-0.4, -0.2) is 23.0 Å². The van der Waals surface area contributed by atoms with Gasteiger partial charge in [0, 0.05) is 17.3 Å². The average molecular weight is 393 g/mol. The Hall–Kier alpha value is -2.54. The summed E-state index contributed by atoms with van der Waals surface area (Å²) in [7, 11) is 1.34. The highest BCUT2D eigenvalue weighted by molar-refractivity contribution is 6.07. The van der Waals surface area contributed by atoms with E-state index in [-0.39, 0.29) is 16.9 Å². The predicted molar refractivity (Wildman–Crippen MR) is 103 cm³/mol. The number of ether oxygens (including phenoxy) is 1. The van der Waals surface area contributed by atoms with E-state index in [1.165, 1.54) is 13.2 Å². The maximum absolute atomic E-state index is 13.4. The first-order chi connectivity index (χ1) is 13.1. The molecule has 0 aliphatic carbocycles. The second-order valence-electron chi connectivity index (χ2n) is 7.00. The highest BCUT2D eigenvalue weighted by Crippen LogP contribution is 2.42. The average Bonchev–Trinajstić information content (AvgIpc) is 2.66. The van der Waals surface area contributed by atoms with Crippen LogP contribution in [-0.2, 0) is 12.1 Å². The maximum atomic E-state index is 13.4. The molecule has 1 atom stereocenters. The molecule has 1 heterocycles. The van der Waals surface area contributed by atoms with E-state index in [1.807, 2.05) is 6.92 Å². The minimum Gasteiger partial charge on any atom is -0.495 e. The number of aryl methyl sites for hydroxylation is 1. The van der Waals surface area contributed by atoms with Gasteiger partial charge in [0.1, 0.15) is 5.75 Å². The fourth-order valence-corrected chi connectivity index (χ4v) is 3.37. The van der Waals surface area contributed by atoms with Gasteiger partial charge in [0.25, 0.3) is 5.56 Å². The second kappa shape index (κ2) is 7.13. The molecule has 0 aliphatic heterocycles. The van der Waals surface area contributed by atoms with Gasteiger partial charge >= 0.3 is 6.18 Å². The standard InChI is InChI=1S/C21H22F3NO3/c1-4-5-10-25-18-16(14-8-6-7-9-15(14)19(25)26)11-13(12-17(18)28-3)20(2,27)21(22,23)24/h6-9,11-12,27H,4-5,10H2,1-3H3. The summed E-state index contributed by atoms with van der Waals surface area (Å²) in [5, 5.41) is 11.6. The number of nitrogens with zero attached hydrogens (tertiary/aromatic N) is 1. The Morgan fingerprint density at radius 1 is 1.11 bits per heavy atom. The fourth-order valence-electron chi connectivity index (χ4n) is 3.37. The van der Waals surface area contributed by atoms with Gasteiger partial charge in [0.2, 0.25) is 0 Å². The number of hydrogen-bond acceptors (Lipinski definition) is 3. The Bertz CT molecular complexity index is 1080. The van der Waals surface area contributed by atoms with Gasteiger partial charge in [-0.15, -0.1) is 0 Å². The molecule has 0 fully saturated rings. The van der Waals surface area contributed by atoms with E-state index in [0.29, 0.717) is 35.1 Å². The normalized spacial score (nSPS) is 14.4. The third kappa shape index (κ3) is 3.13. The van der Waals surface area contributed by atoms with Crippen molar-refractivity contribution < 1.29 is 23.0 Å². The summed E-state index contributed by atoms with van der Waals surface area (Å²) in [6.07, 6.45) is -3.28. The molecule has 3 aromatic rings. The van der Waals surface area contributed by atoms with Crippen LogP contribution in [0.5, 0.6) is 5.75 Å². The van der Waals surface area contributed by atoms with Gasteiger partial charge in [0.15, 0.2) is 5.60 Å². The molecule has 0 aliphatic rings. The van der Waals surface area contributed by atoms with Crippen LogP contribution >= 0.6 is 0 Å². The van der Waals surface area contributed by atoms with Gasteiger partial charge in [0.05, 0.1) is 12.6 Å². The zero-order valence-electron chi connectivity index (χ0n) is 15.9. The van der Waals surface area contributed by atoms with Crippen LogP contribution in [0.1, 0.15) is 32.3 Å². The van der Waals surface area contributed by atoms with Crippen LogP contribution in [0.4, 0.5) is 13.2 Å². The first-order valence-corrected chi connectivity index (χ1v) is 9.06. The molecule has 1 unspecified atom stereocenters. The number of rotatable bonds is 5. The van der Waals surface area contributed by atoms with Gasteiger partial charge in [-0.3, -0.25) is 4.79 Å². The van der Waals surface area contributed by atoms with Crippen LogP contribution in [0, 0.1) is 0 Å². The predicted octanol–water partition coefficient (Wildman–Crippen LogP) is 4.73. The quantitative estimate of drug-likeness (QED) is 0.638. The number of alkyl halides is 3. The molecule has 7 heteroatoms. The van der Waals surface area contributed by atoms with Crippen molar-refractivity contribution in [3.63, 3.8) is 0 Å². The van der Waals surface area contributed by atoms with Crippen LogP contribution in [0.25, 0.3) is 21.7 Å². The van der Waals surface area contributed by atoms with Gasteiger partial charge in [-0.05, 0) is 42.5 Å². The summed E-state index contributed by atoms with van der Waals surface area (Å²) in [6.45, 7) is 3.12. The van der Waals surface area contributed by atoms with Crippen molar-refractivity contribution in [3.8, 4) is 5.75 Å². The smallest absolute Gasteiger partial charge is 0.421 e. The molecule has 0 spiro atoms. The monoisotopic (exact) mass is 393 g/mol. The van der Waals surface area contributed by atoms with Gasteiger partial charge in [-0.2, -0.15) is 13.2 Å². The third-order valence-electron chi connectivity index (χ3n) is 5.11. The number of pyridine rings is 1. The van der Waals surface area contributed by atoms with Crippen molar-refractivity contribution in [2.45, 2.75) is 45.0 Å². The highest BCUT2D eigenvalue weighted by atomic mass is 19.4. The molecule has 0 saturated heterocycles. The molecule has 0 bridgehead atoms. The van der Waals surface area contributed by atoms with Crippen LogP contribution in [0.3, 0.4) is 0 Å². The van der Waals surface area contributed by atoms with E-state index in [1.54, 1.807) is 28.8 Å². The minimum atomic E-state index is -4.86. The molecule has 4 nitrogen and oxygen atoms in total. The third-order valence-corrected chi connectivity index (χ3v) is 5.11. The van der Waals surface area contributed by atoms with Gasteiger partial charge in [-0.1, -0.05) is 31.5 Å². The number of benzene rings is 2. The summed E-state index contributed by atoms with van der Waals surface area (Å²) in [4.78, 5) is 13.0. The van der Waals surface area contributed by atoms with Crippen molar-refractivity contribution in [3.05, 3.63) is 52.3 Å². The Morgan fingerprint density at radius 2 is 1.75 bits per heavy atom. The molecule has 1 aromatic heterocycles. The Morgan fingerprint density at radius 3 is 2.32 bits per heavy atom. The van der Waals surface area contributed by atoms with Crippen molar-refractivity contribution in [1.29, 1.82) is 0 Å². The second-order valence-corrected chi connectivity index (χ2v) is 7.00. The lowest BCUT2D eigenvalue weighted by atomic mass is 9.92. The lowest BCUT2D eigenvalue weighted by Crippen LogP contribution is -2.39. The molecule has 2 aromatic carbocycles. The van der Waals surface area contributed by atoms with Crippen LogP contribution < -0.4 is 10.3 Å². The maximum Gasteiger partial charge on any atom is 0.421 e. The van der Waals surface area contributed by atoms with E-state index < -0.39 is 11.8 Å². The lowest BCUT2D eigenvalue weighted by molar-refractivity contribution is -0.258. The largest absolute Gasteiger partial charge is 0.495 e. The minimum absolute atomic E-state index is 0.121. The first-order valence-electron chi connectivity index (χ1n) is 9.06. The molecule has 0 saturated carbocycles. The van der Waals surface area contributed by atoms with Crippen molar-refractivity contribution >= 4 is 21.7 Å². The zero-order valence-corrected chi connectivity index (χ0v) is 15.9. The molecule has 150 valence electrons. The van der Waals surface area contributed by atoms with Gasteiger partial charge < -0.3 is 14.4 Å². The molecule has 28 heavy (non-hydrogen) atoms. The summed E-state index contributed by atoms with van der Waals surface area (Å²) >= 11 is 0. The molecule has 0 radical (unpaired) electrons. The molecule has 0 amide bonds. The summed E-state index contributed by atoms with van der Waals surface area (Å²) in [5.41, 5.74) is -3.18. The number of methoxy groups -OCH3 is 1. The van der Waals surface area contributed by atoms with Crippen molar-refractivity contribution in [2.24, 2.45) is 0 Å². The van der Waals surface area contributed by atoms with E-state index in [2.05, 4.69) is 0 Å². The van der Waals surface area contributed by atoms with Gasteiger partial charge in [-0.25, -0.2) is 0 Å². The number of aliphatic hydroxyl groups is 1. The van der Waals surface area contributed by atoms with Crippen molar-refractivity contribution in [2.75, 3.05) is 7.11 Å². The topological polar surface area (TPSA) is 51.5 Å². The molecular weight excluding hydrogens is 371 g/mol. The molecule has 1 N–H and O–H groups in total. The number of fused-ring (bicyclic) bond motifs is 3. The first kappa shape index (κ1) is 20.2. The van der Waals surface area contributed by atoms with Crippen LogP contribution in [0.2, 0.25) is 0 Å². The van der Waals surface area contributed by atoms with E-state index in [0.717, 1.165) is 18.9 Å². The number of hydrogen-bond donors (Lipinski definition) is 1. The Kier molecular flexibility index (Phi) is 5.14. The fraction of sp³-hybridized carbons (Fsp3) is 0.381. The number of aromatic nitrogens is 1. The summed E-state index contributed by atoms with van der Waals surface area (Å²) in [6, 6.07) is 9.24. The highest BCUT2D eigenvalue weighted by Gasteiger charge is 2.51. The van der Waals surface area contributed by atoms with Crippen molar-refractivity contribution in [1.82, 2.24) is 4.57 Å².